The first kappa shape index (κ1) is 25.7. The lowest BCUT2D eigenvalue weighted by molar-refractivity contribution is -0.137. The number of fused-ring (bicyclic) bond motifs is 1. The smallest absolute Gasteiger partial charge is 0.368 e. The third-order valence-corrected chi connectivity index (χ3v) is 6.95. The second-order valence-corrected chi connectivity index (χ2v) is 9.67. The molecule has 0 radical (unpaired) electrons. The number of carbonyl (C=O) groups excluding carboxylic acids is 1. The summed E-state index contributed by atoms with van der Waals surface area (Å²) in [7, 11) is 3.77. The number of benzene rings is 2. The summed E-state index contributed by atoms with van der Waals surface area (Å²) in [4.78, 5) is 30.6. The van der Waals surface area contributed by atoms with Crippen molar-refractivity contribution in [3.8, 4) is 0 Å². The summed E-state index contributed by atoms with van der Waals surface area (Å²) in [6.07, 6.45) is -3.93. The predicted octanol–water partition coefficient (Wildman–Crippen LogP) is 4.23. The molecular weight excluding hydrogens is 500 g/mol. The van der Waals surface area contributed by atoms with Crippen LogP contribution in [0, 0.1) is 5.82 Å². The summed E-state index contributed by atoms with van der Waals surface area (Å²) in [5, 5.41) is 0. The fourth-order valence-electron chi connectivity index (χ4n) is 4.87. The summed E-state index contributed by atoms with van der Waals surface area (Å²) < 4.78 is 52.0. The van der Waals surface area contributed by atoms with Crippen LogP contribution in [0.25, 0.3) is 0 Å². The van der Waals surface area contributed by atoms with E-state index < -0.39 is 11.7 Å². The zero-order valence-corrected chi connectivity index (χ0v) is 21.2. The average Bonchev–Trinajstić information content (AvgIpc) is 2.92. The maximum Gasteiger partial charge on any atom is 0.416 e. The number of hydrogen-bond donors (Lipinski definition) is 0. The van der Waals surface area contributed by atoms with E-state index in [1.807, 2.05) is 19.0 Å². The SMILES string of the molecule is CN(C)c1nc(N2CCN(c3ccc(F)cc3)CC2)nc2c1CN(C(=O)c1ccc(C(F)(F)F)cc1)CC2. The minimum absolute atomic E-state index is 0.212. The van der Waals surface area contributed by atoms with Gasteiger partial charge in [0.2, 0.25) is 5.95 Å². The molecular formula is C27H28F4N6O. The highest BCUT2D eigenvalue weighted by molar-refractivity contribution is 5.94. The highest BCUT2D eigenvalue weighted by atomic mass is 19.4. The van der Waals surface area contributed by atoms with Crippen LogP contribution in [0.15, 0.2) is 48.5 Å². The standard InChI is InChI=1S/C27H28F4N6O/c1-34(2)24-22-17-37(25(38)18-3-5-19(6-4-18)27(29,30)31)12-11-23(22)32-26(33-24)36-15-13-35(14-16-36)21-9-7-20(28)8-10-21/h3-10H,11-17H2,1-2H3. The maximum absolute atomic E-state index is 13.3. The molecule has 1 fully saturated rings. The van der Waals surface area contributed by atoms with Crippen molar-refractivity contribution >= 4 is 23.4 Å². The zero-order chi connectivity index (χ0) is 27.0. The van der Waals surface area contributed by atoms with E-state index in [9.17, 15) is 22.4 Å². The molecule has 38 heavy (non-hydrogen) atoms. The monoisotopic (exact) mass is 528 g/mol. The van der Waals surface area contributed by atoms with Gasteiger partial charge in [-0.3, -0.25) is 4.79 Å². The van der Waals surface area contributed by atoms with E-state index in [4.69, 9.17) is 9.97 Å². The van der Waals surface area contributed by atoms with Crippen molar-refractivity contribution in [1.82, 2.24) is 14.9 Å². The van der Waals surface area contributed by atoms with Crippen molar-refractivity contribution in [2.24, 2.45) is 0 Å². The van der Waals surface area contributed by atoms with Crippen LogP contribution < -0.4 is 14.7 Å². The van der Waals surface area contributed by atoms with Crippen LogP contribution in [0.2, 0.25) is 0 Å². The number of nitrogens with zero attached hydrogens (tertiary/aromatic N) is 6. The molecule has 0 N–H and O–H groups in total. The Hall–Kier alpha value is -3.89. The number of piperazine rings is 1. The Morgan fingerprint density at radius 2 is 1.50 bits per heavy atom. The minimum Gasteiger partial charge on any atom is -0.368 e. The molecule has 2 aliphatic rings. The molecule has 0 bridgehead atoms. The van der Waals surface area contributed by atoms with Crippen LogP contribution in [-0.4, -0.2) is 67.6 Å². The lowest BCUT2D eigenvalue weighted by atomic mass is 10.0. The second-order valence-electron chi connectivity index (χ2n) is 9.67. The first-order valence-electron chi connectivity index (χ1n) is 12.4. The maximum atomic E-state index is 13.3. The van der Waals surface area contributed by atoms with Crippen molar-refractivity contribution in [1.29, 1.82) is 0 Å². The molecule has 1 saturated heterocycles. The molecule has 0 unspecified atom stereocenters. The Balaban J connectivity index is 1.31. The van der Waals surface area contributed by atoms with Gasteiger partial charge < -0.3 is 19.6 Å². The second kappa shape index (κ2) is 10.1. The lowest BCUT2D eigenvalue weighted by Gasteiger charge is -2.37. The third-order valence-electron chi connectivity index (χ3n) is 6.95. The molecule has 0 spiro atoms. The van der Waals surface area contributed by atoms with Crippen LogP contribution >= 0.6 is 0 Å². The number of aromatic nitrogens is 2. The molecule has 1 aromatic heterocycles. The third kappa shape index (κ3) is 5.23. The molecule has 200 valence electrons. The number of carbonyl (C=O) groups is 1. The number of anilines is 3. The van der Waals surface area contributed by atoms with Crippen LogP contribution in [-0.2, 0) is 19.1 Å². The van der Waals surface area contributed by atoms with Crippen LogP contribution in [0.3, 0.4) is 0 Å². The summed E-state index contributed by atoms with van der Waals surface area (Å²) in [6, 6.07) is 10.8. The molecule has 7 nitrogen and oxygen atoms in total. The Morgan fingerprint density at radius 1 is 0.868 bits per heavy atom. The Kier molecular flexibility index (Phi) is 6.85. The van der Waals surface area contributed by atoms with Gasteiger partial charge in [0.15, 0.2) is 0 Å². The van der Waals surface area contributed by atoms with Crippen LogP contribution in [0.5, 0.6) is 0 Å². The van der Waals surface area contributed by atoms with E-state index in [1.54, 1.807) is 17.0 Å². The van der Waals surface area contributed by atoms with Gasteiger partial charge in [-0.15, -0.1) is 0 Å². The first-order valence-corrected chi connectivity index (χ1v) is 12.4. The van der Waals surface area contributed by atoms with Crippen molar-refractivity contribution in [3.63, 3.8) is 0 Å². The average molecular weight is 529 g/mol. The molecule has 11 heteroatoms. The van der Waals surface area contributed by atoms with Crippen LogP contribution in [0.4, 0.5) is 35.0 Å². The summed E-state index contributed by atoms with van der Waals surface area (Å²) in [5.74, 6) is 0.769. The van der Waals surface area contributed by atoms with E-state index in [2.05, 4.69) is 9.80 Å². The molecule has 0 atom stereocenters. The summed E-state index contributed by atoms with van der Waals surface area (Å²) >= 11 is 0. The minimum atomic E-state index is -4.45. The van der Waals surface area contributed by atoms with Gasteiger partial charge in [0.25, 0.3) is 5.91 Å². The summed E-state index contributed by atoms with van der Waals surface area (Å²) in [5.41, 5.74) is 2.12. The molecule has 2 aliphatic heterocycles. The largest absolute Gasteiger partial charge is 0.416 e. The Morgan fingerprint density at radius 3 is 2.11 bits per heavy atom. The van der Waals surface area contributed by atoms with E-state index in [1.165, 1.54) is 24.3 Å². The molecule has 2 aromatic carbocycles. The molecule has 0 saturated carbocycles. The summed E-state index contributed by atoms with van der Waals surface area (Å²) in [6.45, 7) is 3.61. The first-order chi connectivity index (χ1) is 18.1. The van der Waals surface area contributed by atoms with Gasteiger partial charge in [-0.2, -0.15) is 18.2 Å². The molecule has 3 aromatic rings. The topological polar surface area (TPSA) is 55.8 Å². The Bertz CT molecular complexity index is 1300. The molecule has 5 rings (SSSR count). The quantitative estimate of drug-likeness (QED) is 0.473. The highest BCUT2D eigenvalue weighted by Gasteiger charge is 2.32. The molecule has 3 heterocycles. The normalized spacial score (nSPS) is 15.9. The van der Waals surface area contributed by atoms with Crippen molar-refractivity contribution < 1.29 is 22.4 Å². The van der Waals surface area contributed by atoms with Crippen molar-refractivity contribution in [2.45, 2.75) is 19.1 Å². The van der Waals surface area contributed by atoms with Gasteiger partial charge in [-0.05, 0) is 48.5 Å². The number of halogens is 4. The fraction of sp³-hybridized carbons (Fsp3) is 0.370. The van der Waals surface area contributed by atoms with E-state index >= 15 is 0 Å². The van der Waals surface area contributed by atoms with Gasteiger partial charge in [0.1, 0.15) is 11.6 Å². The van der Waals surface area contributed by atoms with Gasteiger partial charge >= 0.3 is 6.18 Å². The van der Waals surface area contributed by atoms with E-state index in [0.717, 1.165) is 48.0 Å². The fourth-order valence-corrected chi connectivity index (χ4v) is 4.87. The number of rotatable bonds is 4. The van der Waals surface area contributed by atoms with Gasteiger partial charge in [0.05, 0.1) is 17.8 Å². The predicted molar refractivity (Wildman–Crippen MR) is 137 cm³/mol. The number of amides is 1. The van der Waals surface area contributed by atoms with Crippen LogP contribution in [0.1, 0.15) is 27.2 Å². The van der Waals surface area contributed by atoms with Crippen molar-refractivity contribution in [2.75, 3.05) is 61.5 Å². The number of hydrogen-bond acceptors (Lipinski definition) is 6. The number of alkyl halides is 3. The van der Waals surface area contributed by atoms with E-state index in [0.29, 0.717) is 32.0 Å². The highest BCUT2D eigenvalue weighted by Crippen LogP contribution is 2.31. The van der Waals surface area contributed by atoms with E-state index in [-0.39, 0.29) is 23.8 Å². The van der Waals surface area contributed by atoms with Crippen molar-refractivity contribution in [3.05, 3.63) is 76.7 Å². The Labute approximate surface area is 218 Å². The zero-order valence-electron chi connectivity index (χ0n) is 21.2. The van der Waals surface area contributed by atoms with Gasteiger partial charge in [-0.25, -0.2) is 9.37 Å². The molecule has 0 aliphatic carbocycles. The van der Waals surface area contributed by atoms with Gasteiger partial charge in [-0.1, -0.05) is 0 Å². The lowest BCUT2D eigenvalue weighted by Crippen LogP contribution is -2.47. The van der Waals surface area contributed by atoms with Gasteiger partial charge in [0, 0.05) is 70.1 Å². The molecule has 1 amide bonds.